The summed E-state index contributed by atoms with van der Waals surface area (Å²) < 4.78 is 6.85. The Morgan fingerprint density at radius 2 is 2.28 bits per heavy atom. The minimum atomic E-state index is 0.757. The lowest BCUT2D eigenvalue weighted by atomic mass is 10.4. The van der Waals surface area contributed by atoms with E-state index in [0.717, 1.165) is 37.6 Å². The van der Waals surface area contributed by atoms with Gasteiger partial charge >= 0.3 is 0 Å². The van der Waals surface area contributed by atoms with Gasteiger partial charge in [0.05, 0.1) is 12.8 Å². The van der Waals surface area contributed by atoms with Crippen molar-refractivity contribution in [2.45, 2.75) is 0 Å². The topological polar surface area (TPSA) is 54.7 Å². The van der Waals surface area contributed by atoms with E-state index >= 15 is 0 Å². The first-order valence-corrected chi connectivity index (χ1v) is 6.01. The molecular weight excluding hydrogens is 230 g/mol. The Hall–Kier alpha value is -1.66. The molecule has 6 nitrogen and oxygen atoms in total. The van der Waals surface area contributed by atoms with Crippen molar-refractivity contribution in [1.82, 2.24) is 19.5 Å². The highest BCUT2D eigenvalue weighted by Crippen LogP contribution is 2.11. The van der Waals surface area contributed by atoms with Crippen molar-refractivity contribution in [2.24, 2.45) is 0 Å². The second-order valence-corrected chi connectivity index (χ2v) is 4.16. The minimum absolute atomic E-state index is 0.757. The maximum Gasteiger partial charge on any atom is 0.152 e. The van der Waals surface area contributed by atoms with Gasteiger partial charge in [-0.25, -0.2) is 9.50 Å². The Balaban J connectivity index is 1.85. The average molecular weight is 249 g/mol. The van der Waals surface area contributed by atoms with Crippen LogP contribution in [0.4, 0.5) is 5.82 Å². The van der Waals surface area contributed by atoms with Gasteiger partial charge in [0.15, 0.2) is 5.82 Å². The van der Waals surface area contributed by atoms with E-state index in [4.69, 9.17) is 4.74 Å². The molecule has 0 spiro atoms. The van der Waals surface area contributed by atoms with Crippen molar-refractivity contribution in [1.29, 1.82) is 0 Å². The molecular formula is C12H19N5O. The highest BCUT2D eigenvalue weighted by Gasteiger charge is 2.03. The lowest BCUT2D eigenvalue weighted by Crippen LogP contribution is -2.28. The number of ether oxygens (including phenoxy) is 1. The van der Waals surface area contributed by atoms with Gasteiger partial charge in [-0.2, -0.15) is 5.10 Å². The van der Waals surface area contributed by atoms with E-state index in [1.807, 2.05) is 16.8 Å². The second-order valence-electron chi connectivity index (χ2n) is 4.16. The number of hydrogen-bond acceptors (Lipinski definition) is 5. The molecule has 0 saturated heterocycles. The molecule has 18 heavy (non-hydrogen) atoms. The summed E-state index contributed by atoms with van der Waals surface area (Å²) in [5.41, 5.74) is 0.997. The van der Waals surface area contributed by atoms with Crippen LogP contribution in [-0.2, 0) is 4.74 Å². The van der Waals surface area contributed by atoms with Crippen LogP contribution in [0.3, 0.4) is 0 Å². The van der Waals surface area contributed by atoms with Crippen LogP contribution in [0.25, 0.3) is 5.52 Å². The molecule has 2 heterocycles. The molecule has 0 aromatic carbocycles. The molecule has 2 aromatic heterocycles. The number of methoxy groups -OCH3 is 1. The Bertz CT molecular complexity index is 484. The molecule has 6 heteroatoms. The summed E-state index contributed by atoms with van der Waals surface area (Å²) in [6, 6.07) is 1.95. The fourth-order valence-electron chi connectivity index (χ4n) is 1.72. The molecule has 0 aliphatic heterocycles. The Labute approximate surface area is 107 Å². The molecule has 2 rings (SSSR count). The third-order valence-electron chi connectivity index (χ3n) is 2.79. The molecule has 0 saturated carbocycles. The molecule has 0 bridgehead atoms. The summed E-state index contributed by atoms with van der Waals surface area (Å²) in [5.74, 6) is 0.871. The molecule has 0 aliphatic rings. The van der Waals surface area contributed by atoms with Crippen LogP contribution in [-0.4, -0.2) is 59.9 Å². The van der Waals surface area contributed by atoms with E-state index in [1.165, 1.54) is 0 Å². The summed E-state index contributed by atoms with van der Waals surface area (Å²) in [7, 11) is 3.80. The van der Waals surface area contributed by atoms with Gasteiger partial charge in [0.1, 0.15) is 5.52 Å². The number of nitrogens with zero attached hydrogens (tertiary/aromatic N) is 4. The summed E-state index contributed by atoms with van der Waals surface area (Å²) >= 11 is 0. The molecule has 0 radical (unpaired) electrons. The van der Waals surface area contributed by atoms with Gasteiger partial charge in [0, 0.05) is 39.1 Å². The number of anilines is 1. The summed E-state index contributed by atoms with van der Waals surface area (Å²) in [6.07, 6.45) is 5.36. The van der Waals surface area contributed by atoms with Crippen LogP contribution in [0.1, 0.15) is 0 Å². The largest absolute Gasteiger partial charge is 0.383 e. The van der Waals surface area contributed by atoms with Crippen LogP contribution in [0.5, 0.6) is 0 Å². The Morgan fingerprint density at radius 1 is 1.39 bits per heavy atom. The van der Waals surface area contributed by atoms with Gasteiger partial charge in [-0.1, -0.05) is 0 Å². The van der Waals surface area contributed by atoms with Crippen molar-refractivity contribution in [2.75, 3.05) is 45.7 Å². The number of hydrogen-bond donors (Lipinski definition) is 1. The van der Waals surface area contributed by atoms with Crippen molar-refractivity contribution >= 4 is 11.3 Å². The van der Waals surface area contributed by atoms with Crippen molar-refractivity contribution in [3.8, 4) is 0 Å². The van der Waals surface area contributed by atoms with Crippen LogP contribution >= 0.6 is 0 Å². The molecule has 0 amide bonds. The number of likely N-dealkylation sites (N-methyl/N-ethyl adjacent to an activating group) is 1. The monoisotopic (exact) mass is 249 g/mol. The van der Waals surface area contributed by atoms with Gasteiger partial charge < -0.3 is 15.0 Å². The Kier molecular flexibility index (Phi) is 4.49. The number of aromatic nitrogens is 3. The highest BCUT2D eigenvalue weighted by atomic mass is 16.5. The molecule has 2 aromatic rings. The first-order chi connectivity index (χ1) is 8.81. The van der Waals surface area contributed by atoms with Crippen molar-refractivity contribution in [3.05, 3.63) is 24.7 Å². The van der Waals surface area contributed by atoms with Gasteiger partial charge in [0.25, 0.3) is 0 Å². The summed E-state index contributed by atoms with van der Waals surface area (Å²) in [4.78, 5) is 6.54. The molecule has 0 fully saturated rings. The van der Waals surface area contributed by atoms with Crippen LogP contribution in [0.15, 0.2) is 24.7 Å². The lowest BCUT2D eigenvalue weighted by molar-refractivity contribution is 0.163. The fourth-order valence-corrected chi connectivity index (χ4v) is 1.72. The maximum absolute atomic E-state index is 5.04. The number of rotatable bonds is 7. The van der Waals surface area contributed by atoms with E-state index in [9.17, 15) is 0 Å². The second kappa shape index (κ2) is 6.32. The quantitative estimate of drug-likeness (QED) is 0.783. The molecule has 0 atom stereocenters. The zero-order valence-electron chi connectivity index (χ0n) is 10.8. The van der Waals surface area contributed by atoms with Gasteiger partial charge in [-0.3, -0.25) is 0 Å². The molecule has 0 aliphatic carbocycles. The van der Waals surface area contributed by atoms with E-state index in [0.29, 0.717) is 0 Å². The summed E-state index contributed by atoms with van der Waals surface area (Å²) in [5, 5.41) is 7.50. The van der Waals surface area contributed by atoms with Gasteiger partial charge in [-0.05, 0) is 13.1 Å². The fraction of sp³-hybridized carbons (Fsp3) is 0.500. The van der Waals surface area contributed by atoms with Crippen molar-refractivity contribution in [3.63, 3.8) is 0 Å². The van der Waals surface area contributed by atoms with Crippen LogP contribution in [0, 0.1) is 0 Å². The zero-order valence-corrected chi connectivity index (χ0v) is 10.8. The molecule has 0 unspecified atom stereocenters. The highest BCUT2D eigenvalue weighted by molar-refractivity contribution is 5.66. The normalized spacial score (nSPS) is 11.3. The first kappa shape index (κ1) is 12.8. The number of nitrogens with one attached hydrogen (secondary N) is 1. The average Bonchev–Trinajstić information content (AvgIpc) is 2.85. The minimum Gasteiger partial charge on any atom is -0.383 e. The SMILES string of the molecule is COCCN(C)CCNc1nccn2nccc12. The van der Waals surface area contributed by atoms with E-state index in [1.54, 1.807) is 19.5 Å². The van der Waals surface area contributed by atoms with Crippen molar-refractivity contribution < 1.29 is 4.74 Å². The van der Waals surface area contributed by atoms with E-state index in [2.05, 4.69) is 27.3 Å². The number of fused-ring (bicyclic) bond motifs is 1. The Morgan fingerprint density at radius 3 is 3.11 bits per heavy atom. The zero-order chi connectivity index (χ0) is 12.8. The van der Waals surface area contributed by atoms with Gasteiger partial charge in [-0.15, -0.1) is 0 Å². The molecule has 1 N–H and O–H groups in total. The van der Waals surface area contributed by atoms with Crippen LogP contribution in [0.2, 0.25) is 0 Å². The van der Waals surface area contributed by atoms with E-state index in [-0.39, 0.29) is 0 Å². The third-order valence-corrected chi connectivity index (χ3v) is 2.79. The smallest absolute Gasteiger partial charge is 0.152 e. The third kappa shape index (κ3) is 3.18. The standard InChI is InChI=1S/C12H19N5O/c1-16(9-10-18-2)7-5-13-12-11-3-4-15-17(11)8-6-14-12/h3-4,6,8H,5,7,9-10H2,1-2H3,(H,13,14). The first-order valence-electron chi connectivity index (χ1n) is 6.01. The maximum atomic E-state index is 5.04. The van der Waals surface area contributed by atoms with Gasteiger partial charge in [0.2, 0.25) is 0 Å². The predicted molar refractivity (Wildman–Crippen MR) is 70.8 cm³/mol. The lowest BCUT2D eigenvalue weighted by Gasteiger charge is -2.16. The molecule has 98 valence electrons. The predicted octanol–water partition coefficient (Wildman–Crippen LogP) is 0.719. The van der Waals surface area contributed by atoms with Crippen LogP contribution < -0.4 is 5.32 Å². The van der Waals surface area contributed by atoms with E-state index < -0.39 is 0 Å². The summed E-state index contributed by atoms with van der Waals surface area (Å²) in [6.45, 7) is 3.48.